The van der Waals surface area contributed by atoms with Gasteiger partial charge >= 0.3 is 18.1 Å². The van der Waals surface area contributed by atoms with Crippen LogP contribution in [0.2, 0.25) is 0 Å². The number of carbonyl (C=O) groups excluding carboxylic acids is 2. The highest BCUT2D eigenvalue weighted by molar-refractivity contribution is 5.82. The fourth-order valence-electron chi connectivity index (χ4n) is 4.19. The number of anilines is 1. The van der Waals surface area contributed by atoms with Crippen LogP contribution in [0.15, 0.2) is 48.0 Å². The summed E-state index contributed by atoms with van der Waals surface area (Å²) in [4.78, 5) is 23.3. The molecule has 0 radical (unpaired) electrons. The second-order valence-electron chi connectivity index (χ2n) is 9.25. The zero-order valence-corrected chi connectivity index (χ0v) is 21.3. The molecule has 2 unspecified atom stereocenters. The molecule has 2 aliphatic heterocycles. The van der Waals surface area contributed by atoms with Gasteiger partial charge in [0.2, 0.25) is 5.88 Å². The van der Waals surface area contributed by atoms with Crippen LogP contribution in [0.4, 0.5) is 18.9 Å². The largest absolute Gasteiger partial charge is 0.490 e. The highest BCUT2D eigenvalue weighted by Gasteiger charge is 2.43. The number of halogens is 3. The fourth-order valence-corrected chi connectivity index (χ4v) is 4.19. The van der Waals surface area contributed by atoms with E-state index in [1.54, 1.807) is 18.2 Å². The minimum Gasteiger partial charge on any atom is -0.490 e. The van der Waals surface area contributed by atoms with E-state index in [0.717, 1.165) is 23.7 Å². The van der Waals surface area contributed by atoms with E-state index in [2.05, 4.69) is 21.4 Å². The zero-order valence-electron chi connectivity index (χ0n) is 21.3. The average molecular weight is 546 g/mol. The van der Waals surface area contributed by atoms with Crippen molar-refractivity contribution < 1.29 is 41.7 Å². The van der Waals surface area contributed by atoms with Crippen LogP contribution in [0.1, 0.15) is 49.8 Å². The Labute approximate surface area is 222 Å². The van der Waals surface area contributed by atoms with Crippen LogP contribution < -0.4 is 20.1 Å². The smallest absolute Gasteiger partial charge is 0.490 e. The predicted molar refractivity (Wildman–Crippen MR) is 131 cm³/mol. The Kier molecular flexibility index (Phi) is 7.90. The molecule has 0 aliphatic carbocycles. The first-order chi connectivity index (χ1) is 18.5. The summed E-state index contributed by atoms with van der Waals surface area (Å²) in [7, 11) is 0. The first-order valence-electron chi connectivity index (χ1n) is 12.2. The van der Waals surface area contributed by atoms with Crippen LogP contribution in [0.25, 0.3) is 0 Å². The number of allylic oxidation sites excluding steroid dienone is 1. The first kappa shape index (κ1) is 27.6. The molecule has 2 heterocycles. The Morgan fingerprint density at radius 1 is 1.15 bits per heavy atom. The van der Waals surface area contributed by atoms with Gasteiger partial charge in [-0.3, -0.25) is 0 Å². The standard InChI is InChI=1S/C27H26F3N3O6/c1-14(2)37-22-7-4-16(10-17(22)12-31)13-36-18-5-6-21-20(11-18)19-8-9-32-24(23(19)33-21)39-25(34)15(3)38-26(35)27(28,29)30/h4-7,10-11,14-15,19,32-33H,8-9,13H2,1-3H3. The van der Waals surface area contributed by atoms with Crippen molar-refractivity contribution >= 4 is 17.6 Å². The minimum atomic E-state index is -5.22. The monoisotopic (exact) mass is 545 g/mol. The number of fused-ring (bicyclic) bond motifs is 3. The number of rotatable bonds is 8. The number of carbonyl (C=O) groups is 2. The lowest BCUT2D eigenvalue weighted by Gasteiger charge is -2.25. The van der Waals surface area contributed by atoms with Crippen molar-refractivity contribution in [2.45, 2.75) is 58.1 Å². The van der Waals surface area contributed by atoms with Crippen molar-refractivity contribution in [1.82, 2.24) is 5.32 Å². The Balaban J connectivity index is 1.44. The molecule has 0 saturated heterocycles. The third-order valence-corrected chi connectivity index (χ3v) is 5.96. The molecule has 39 heavy (non-hydrogen) atoms. The van der Waals surface area contributed by atoms with Crippen molar-refractivity contribution in [1.29, 1.82) is 5.26 Å². The summed E-state index contributed by atoms with van der Waals surface area (Å²) >= 11 is 0. The van der Waals surface area contributed by atoms with Gasteiger partial charge in [0, 0.05) is 18.2 Å². The third kappa shape index (κ3) is 6.37. The first-order valence-corrected chi connectivity index (χ1v) is 12.2. The molecular weight excluding hydrogens is 519 g/mol. The number of nitriles is 1. The lowest BCUT2D eigenvalue weighted by atomic mass is 9.93. The summed E-state index contributed by atoms with van der Waals surface area (Å²) in [5.41, 5.74) is 3.40. The highest BCUT2D eigenvalue weighted by Crippen LogP contribution is 2.44. The molecule has 0 bridgehead atoms. The number of nitrogens with zero attached hydrogens (tertiary/aromatic N) is 1. The molecule has 0 fully saturated rings. The molecule has 2 aromatic carbocycles. The highest BCUT2D eigenvalue weighted by atomic mass is 19.4. The maximum absolute atomic E-state index is 12.4. The van der Waals surface area contributed by atoms with Crippen molar-refractivity contribution in [2.75, 3.05) is 11.9 Å². The van der Waals surface area contributed by atoms with E-state index in [9.17, 15) is 28.0 Å². The van der Waals surface area contributed by atoms with Gasteiger partial charge in [-0.1, -0.05) is 6.07 Å². The summed E-state index contributed by atoms with van der Waals surface area (Å²) in [6.07, 6.45) is -6.39. The number of hydrogen-bond acceptors (Lipinski definition) is 9. The maximum atomic E-state index is 12.4. The summed E-state index contributed by atoms with van der Waals surface area (Å²) in [5.74, 6) is -2.65. The molecule has 2 aliphatic rings. The van der Waals surface area contributed by atoms with Gasteiger partial charge in [-0.05, 0) is 68.7 Å². The van der Waals surface area contributed by atoms with Crippen LogP contribution in [-0.2, 0) is 25.7 Å². The Morgan fingerprint density at radius 2 is 1.92 bits per heavy atom. The van der Waals surface area contributed by atoms with Crippen LogP contribution >= 0.6 is 0 Å². The third-order valence-electron chi connectivity index (χ3n) is 5.96. The van der Waals surface area contributed by atoms with Crippen LogP contribution in [0, 0.1) is 11.3 Å². The second kappa shape index (κ2) is 11.1. The normalized spacial score (nSPS) is 16.7. The molecule has 2 N–H and O–H groups in total. The zero-order chi connectivity index (χ0) is 28.3. The van der Waals surface area contributed by atoms with Crippen molar-refractivity contribution in [3.63, 3.8) is 0 Å². The molecule has 2 atom stereocenters. The van der Waals surface area contributed by atoms with Gasteiger partial charge in [0.15, 0.2) is 6.10 Å². The van der Waals surface area contributed by atoms with E-state index in [1.165, 1.54) is 0 Å². The number of hydrogen-bond donors (Lipinski definition) is 2. The summed E-state index contributed by atoms with van der Waals surface area (Å²) in [6.45, 7) is 5.41. The fraction of sp³-hybridized carbons (Fsp3) is 0.370. The second-order valence-corrected chi connectivity index (χ2v) is 9.25. The molecule has 9 nitrogen and oxygen atoms in total. The molecule has 0 amide bonds. The number of benzene rings is 2. The minimum absolute atomic E-state index is 0.0533. The Hall–Kier alpha value is -4.40. The molecule has 206 valence electrons. The lowest BCUT2D eigenvalue weighted by molar-refractivity contribution is -0.206. The molecule has 0 aromatic heterocycles. The van der Waals surface area contributed by atoms with E-state index < -0.39 is 24.2 Å². The number of alkyl halides is 3. The summed E-state index contributed by atoms with van der Waals surface area (Å²) in [5, 5.41) is 15.6. The van der Waals surface area contributed by atoms with Gasteiger partial charge in [-0.15, -0.1) is 0 Å². The SMILES string of the molecule is CC(C)Oc1ccc(COc2ccc3c(c2)C2CCNC(OC(=O)C(C)OC(=O)C(F)(F)F)=C2N3)cc1C#N. The van der Waals surface area contributed by atoms with Crippen molar-refractivity contribution in [3.8, 4) is 17.6 Å². The van der Waals surface area contributed by atoms with E-state index in [-0.39, 0.29) is 24.5 Å². The van der Waals surface area contributed by atoms with Gasteiger partial charge < -0.3 is 29.6 Å². The molecule has 0 spiro atoms. The van der Waals surface area contributed by atoms with E-state index >= 15 is 0 Å². The van der Waals surface area contributed by atoms with Gasteiger partial charge in [0.1, 0.15) is 24.2 Å². The quantitative estimate of drug-likeness (QED) is 0.458. The topological polar surface area (TPSA) is 119 Å². The van der Waals surface area contributed by atoms with E-state index in [1.807, 2.05) is 32.0 Å². The predicted octanol–water partition coefficient (Wildman–Crippen LogP) is 4.63. The van der Waals surface area contributed by atoms with E-state index in [0.29, 0.717) is 35.7 Å². The molecule has 2 aromatic rings. The van der Waals surface area contributed by atoms with Gasteiger partial charge in [-0.25, -0.2) is 9.59 Å². The Bertz CT molecular complexity index is 1350. The average Bonchev–Trinajstić information content (AvgIpc) is 3.26. The summed E-state index contributed by atoms with van der Waals surface area (Å²) < 4.78 is 58.4. The summed E-state index contributed by atoms with van der Waals surface area (Å²) in [6, 6.07) is 12.9. The number of ether oxygens (including phenoxy) is 4. The van der Waals surface area contributed by atoms with Crippen molar-refractivity contribution in [2.24, 2.45) is 0 Å². The van der Waals surface area contributed by atoms with Gasteiger partial charge in [0.25, 0.3) is 0 Å². The van der Waals surface area contributed by atoms with Gasteiger partial charge in [0.05, 0.1) is 17.4 Å². The maximum Gasteiger partial charge on any atom is 0.490 e. The van der Waals surface area contributed by atoms with Crippen LogP contribution in [-0.4, -0.2) is 36.9 Å². The molecular formula is C27H26F3N3O6. The molecule has 0 saturated carbocycles. The van der Waals surface area contributed by atoms with E-state index in [4.69, 9.17) is 14.2 Å². The van der Waals surface area contributed by atoms with Gasteiger partial charge in [-0.2, -0.15) is 18.4 Å². The molecule has 4 rings (SSSR count). The Morgan fingerprint density at radius 3 is 2.62 bits per heavy atom. The van der Waals surface area contributed by atoms with Crippen LogP contribution in [0.5, 0.6) is 11.5 Å². The van der Waals surface area contributed by atoms with Crippen LogP contribution in [0.3, 0.4) is 0 Å². The number of nitrogens with one attached hydrogen (secondary N) is 2. The molecule has 12 heteroatoms. The number of esters is 2. The lowest BCUT2D eigenvalue weighted by Crippen LogP contribution is -2.36. The van der Waals surface area contributed by atoms with Crippen molar-refractivity contribution in [3.05, 3.63) is 64.7 Å².